The third-order valence-electron chi connectivity index (χ3n) is 2.71. The Labute approximate surface area is 116 Å². The highest BCUT2D eigenvalue weighted by Crippen LogP contribution is 2.07. The van der Waals surface area contributed by atoms with Crippen LogP contribution in [0.15, 0.2) is 36.9 Å². The minimum absolute atomic E-state index is 0.0172. The molecule has 104 valence electrons. The molecule has 1 aromatic heterocycles. The van der Waals surface area contributed by atoms with E-state index < -0.39 is 0 Å². The Morgan fingerprint density at radius 2 is 1.95 bits per heavy atom. The van der Waals surface area contributed by atoms with Crippen LogP contribution >= 0.6 is 0 Å². The van der Waals surface area contributed by atoms with Crippen LogP contribution in [0.3, 0.4) is 0 Å². The number of carbonyl (C=O) groups excluding carboxylic acids is 2. The van der Waals surface area contributed by atoms with Gasteiger partial charge in [0.15, 0.2) is 0 Å². The molecule has 2 rings (SSSR count). The summed E-state index contributed by atoms with van der Waals surface area (Å²) in [6, 6.07) is 6.87. The molecule has 0 fully saturated rings. The summed E-state index contributed by atoms with van der Waals surface area (Å²) >= 11 is 0. The summed E-state index contributed by atoms with van der Waals surface area (Å²) in [6.07, 6.45) is 3.01. The van der Waals surface area contributed by atoms with Gasteiger partial charge in [0, 0.05) is 19.7 Å². The summed E-state index contributed by atoms with van der Waals surface area (Å²) in [5, 5.41) is 6.56. The number of hydrogen-bond acceptors (Lipinski definition) is 4. The topological polar surface area (TPSA) is 80.1 Å². The third kappa shape index (κ3) is 3.19. The fraction of sp³-hybridized carbons (Fsp3) is 0.231. The fourth-order valence-corrected chi connectivity index (χ4v) is 1.52. The zero-order valence-electron chi connectivity index (χ0n) is 11.3. The molecule has 1 heterocycles. The molecule has 0 aliphatic rings. The molecular formula is C13H15N5O2. The molecule has 20 heavy (non-hydrogen) atoms. The molecule has 7 nitrogen and oxygen atoms in total. The van der Waals surface area contributed by atoms with Crippen LogP contribution in [-0.4, -0.2) is 52.1 Å². The Morgan fingerprint density at radius 1 is 1.25 bits per heavy atom. The van der Waals surface area contributed by atoms with E-state index in [1.165, 1.54) is 11.2 Å². The minimum Gasteiger partial charge on any atom is -0.347 e. The molecule has 0 bridgehead atoms. The molecule has 0 saturated heterocycles. The summed E-state index contributed by atoms with van der Waals surface area (Å²) in [6.45, 7) is -0.0172. The first-order valence-corrected chi connectivity index (χ1v) is 6.01. The van der Waals surface area contributed by atoms with Gasteiger partial charge in [-0.05, 0) is 24.3 Å². The molecule has 0 radical (unpaired) electrons. The van der Waals surface area contributed by atoms with Crippen molar-refractivity contribution in [3.63, 3.8) is 0 Å². The van der Waals surface area contributed by atoms with Crippen molar-refractivity contribution >= 4 is 11.8 Å². The van der Waals surface area contributed by atoms with Crippen molar-refractivity contribution < 1.29 is 9.59 Å². The Morgan fingerprint density at radius 3 is 2.50 bits per heavy atom. The lowest BCUT2D eigenvalue weighted by molar-refractivity contribution is -0.127. The number of carbonyl (C=O) groups is 2. The average molecular weight is 273 g/mol. The molecule has 0 aliphatic carbocycles. The number of aromatic nitrogens is 3. The first-order valence-electron chi connectivity index (χ1n) is 6.01. The molecule has 1 N–H and O–H groups in total. The van der Waals surface area contributed by atoms with Crippen molar-refractivity contribution in [3.05, 3.63) is 42.5 Å². The molecule has 0 atom stereocenters. The van der Waals surface area contributed by atoms with Crippen LogP contribution in [-0.2, 0) is 4.79 Å². The minimum atomic E-state index is -0.287. The van der Waals surface area contributed by atoms with Crippen molar-refractivity contribution in [1.82, 2.24) is 25.0 Å². The molecule has 0 aliphatic heterocycles. The van der Waals surface area contributed by atoms with Gasteiger partial charge in [-0.25, -0.2) is 9.67 Å². The zero-order chi connectivity index (χ0) is 14.5. The SMILES string of the molecule is CN(C)C(=O)CNC(=O)c1ccc(-n2cncn2)cc1. The zero-order valence-corrected chi connectivity index (χ0v) is 11.3. The average Bonchev–Trinajstić information content (AvgIpc) is 2.98. The predicted octanol–water partition coefficient (Wildman–Crippen LogP) is 0.0853. The summed E-state index contributed by atoms with van der Waals surface area (Å²) < 4.78 is 1.59. The van der Waals surface area contributed by atoms with Crippen LogP contribution in [0.2, 0.25) is 0 Å². The van der Waals surface area contributed by atoms with Crippen LogP contribution < -0.4 is 5.32 Å². The van der Waals surface area contributed by atoms with Gasteiger partial charge in [-0.15, -0.1) is 0 Å². The number of amides is 2. The lowest BCUT2D eigenvalue weighted by Gasteiger charge is -2.11. The van der Waals surface area contributed by atoms with Crippen LogP contribution in [0.4, 0.5) is 0 Å². The van der Waals surface area contributed by atoms with E-state index in [2.05, 4.69) is 15.4 Å². The van der Waals surface area contributed by atoms with Gasteiger partial charge in [0.05, 0.1) is 12.2 Å². The second-order valence-electron chi connectivity index (χ2n) is 4.36. The Kier molecular flexibility index (Phi) is 4.09. The number of nitrogens with one attached hydrogen (secondary N) is 1. The van der Waals surface area contributed by atoms with Crippen molar-refractivity contribution in [2.45, 2.75) is 0 Å². The van der Waals surface area contributed by atoms with E-state index in [1.54, 1.807) is 49.4 Å². The van der Waals surface area contributed by atoms with E-state index in [4.69, 9.17) is 0 Å². The monoisotopic (exact) mass is 273 g/mol. The van der Waals surface area contributed by atoms with E-state index in [0.29, 0.717) is 5.56 Å². The highest BCUT2D eigenvalue weighted by atomic mass is 16.2. The molecular weight excluding hydrogens is 258 g/mol. The summed E-state index contributed by atoms with van der Waals surface area (Å²) in [4.78, 5) is 28.5. The second kappa shape index (κ2) is 5.96. The van der Waals surface area contributed by atoms with Gasteiger partial charge in [0.2, 0.25) is 5.91 Å². The van der Waals surface area contributed by atoms with E-state index in [1.807, 2.05) is 0 Å². The number of nitrogens with zero attached hydrogens (tertiary/aromatic N) is 4. The van der Waals surface area contributed by atoms with Gasteiger partial charge < -0.3 is 10.2 Å². The molecule has 2 amide bonds. The standard InChI is InChI=1S/C13H15N5O2/c1-17(2)12(19)7-15-13(20)10-3-5-11(6-4-10)18-9-14-8-16-18/h3-6,8-9H,7H2,1-2H3,(H,15,20). The Bertz CT molecular complexity index is 590. The maximum atomic E-state index is 11.9. The maximum absolute atomic E-state index is 11.9. The fourth-order valence-electron chi connectivity index (χ4n) is 1.52. The highest BCUT2D eigenvalue weighted by molar-refractivity contribution is 5.96. The molecule has 0 spiro atoms. The smallest absolute Gasteiger partial charge is 0.251 e. The van der Waals surface area contributed by atoms with Crippen LogP contribution in [0.25, 0.3) is 5.69 Å². The van der Waals surface area contributed by atoms with E-state index >= 15 is 0 Å². The molecule has 0 saturated carbocycles. The summed E-state index contributed by atoms with van der Waals surface area (Å²) in [5.74, 6) is -0.442. The normalized spacial score (nSPS) is 10.1. The van der Waals surface area contributed by atoms with Gasteiger partial charge in [0.25, 0.3) is 5.91 Å². The van der Waals surface area contributed by atoms with E-state index in [-0.39, 0.29) is 18.4 Å². The Hall–Kier alpha value is -2.70. The lowest BCUT2D eigenvalue weighted by atomic mass is 10.2. The quantitative estimate of drug-likeness (QED) is 0.856. The molecule has 1 aromatic carbocycles. The first-order chi connectivity index (χ1) is 9.58. The van der Waals surface area contributed by atoms with Gasteiger partial charge in [-0.3, -0.25) is 9.59 Å². The van der Waals surface area contributed by atoms with Crippen LogP contribution in [0, 0.1) is 0 Å². The molecule has 7 heteroatoms. The van der Waals surface area contributed by atoms with Crippen molar-refractivity contribution in [2.75, 3.05) is 20.6 Å². The predicted molar refractivity (Wildman–Crippen MR) is 72.4 cm³/mol. The largest absolute Gasteiger partial charge is 0.347 e. The Balaban J connectivity index is 1.99. The van der Waals surface area contributed by atoms with Crippen LogP contribution in [0.1, 0.15) is 10.4 Å². The van der Waals surface area contributed by atoms with Crippen molar-refractivity contribution in [3.8, 4) is 5.69 Å². The van der Waals surface area contributed by atoms with Crippen molar-refractivity contribution in [2.24, 2.45) is 0 Å². The molecule has 0 unspecified atom stereocenters. The second-order valence-corrected chi connectivity index (χ2v) is 4.36. The third-order valence-corrected chi connectivity index (χ3v) is 2.71. The summed E-state index contributed by atoms with van der Waals surface area (Å²) in [7, 11) is 3.28. The number of likely N-dealkylation sites (N-methyl/N-ethyl adjacent to an activating group) is 1. The van der Waals surface area contributed by atoms with Crippen molar-refractivity contribution in [1.29, 1.82) is 0 Å². The van der Waals surface area contributed by atoms with Gasteiger partial charge in [-0.2, -0.15) is 5.10 Å². The van der Waals surface area contributed by atoms with Gasteiger partial charge in [-0.1, -0.05) is 0 Å². The van der Waals surface area contributed by atoms with E-state index in [0.717, 1.165) is 5.69 Å². The van der Waals surface area contributed by atoms with Gasteiger partial charge >= 0.3 is 0 Å². The highest BCUT2D eigenvalue weighted by Gasteiger charge is 2.09. The number of hydrogen-bond donors (Lipinski definition) is 1. The van der Waals surface area contributed by atoms with E-state index in [9.17, 15) is 9.59 Å². The number of rotatable bonds is 4. The first kappa shape index (κ1) is 13.7. The summed E-state index contributed by atoms with van der Waals surface area (Å²) in [5.41, 5.74) is 1.30. The lowest BCUT2D eigenvalue weighted by Crippen LogP contribution is -2.36. The molecule has 2 aromatic rings. The van der Waals surface area contributed by atoms with Gasteiger partial charge in [0.1, 0.15) is 12.7 Å². The number of benzene rings is 1. The maximum Gasteiger partial charge on any atom is 0.251 e. The van der Waals surface area contributed by atoms with Crippen LogP contribution in [0.5, 0.6) is 0 Å².